The highest BCUT2D eigenvalue weighted by Crippen LogP contribution is 2.47. The van der Waals surface area contributed by atoms with Crippen molar-refractivity contribution in [2.24, 2.45) is 0 Å². The Morgan fingerprint density at radius 2 is 1.57 bits per heavy atom. The van der Waals surface area contributed by atoms with Gasteiger partial charge in [0.05, 0.1) is 12.1 Å². The first-order chi connectivity index (χ1) is 19.3. The molecule has 6 rings (SSSR count). The van der Waals surface area contributed by atoms with E-state index in [-0.39, 0.29) is 29.0 Å². The van der Waals surface area contributed by atoms with Crippen molar-refractivity contribution in [2.75, 3.05) is 31.5 Å². The summed E-state index contributed by atoms with van der Waals surface area (Å²) in [5.41, 5.74) is 2.16. The number of amides is 1. The normalized spacial score (nSPS) is 19.9. The van der Waals surface area contributed by atoms with Gasteiger partial charge in [-0.3, -0.25) is 9.69 Å². The number of anilines is 1. The van der Waals surface area contributed by atoms with E-state index in [2.05, 4.69) is 39.6 Å². The summed E-state index contributed by atoms with van der Waals surface area (Å²) in [6.07, 6.45) is -4.78. The highest BCUT2D eigenvalue weighted by molar-refractivity contribution is 7.10. The van der Waals surface area contributed by atoms with Crippen LogP contribution in [0.3, 0.4) is 0 Å². The molecule has 2 aliphatic rings. The number of carbonyl (C=O) groups is 1. The molecule has 40 heavy (non-hydrogen) atoms. The molecular weight excluding hydrogens is 559 g/mol. The number of hydrogen-bond donors (Lipinski definition) is 1. The first-order valence-electron chi connectivity index (χ1n) is 13.1. The van der Waals surface area contributed by atoms with Crippen LogP contribution in [0.25, 0.3) is 0 Å². The minimum Gasteiger partial charge on any atom is -0.361 e. The molecule has 2 aromatic heterocycles. The molecule has 11 heteroatoms. The quantitative estimate of drug-likeness (QED) is 0.280. The zero-order valence-corrected chi connectivity index (χ0v) is 23.0. The lowest BCUT2D eigenvalue weighted by Gasteiger charge is -2.39. The highest BCUT2D eigenvalue weighted by atomic mass is 35.5. The topological polar surface area (TPSA) is 53.4 Å². The van der Waals surface area contributed by atoms with E-state index < -0.39 is 24.2 Å². The first kappa shape index (κ1) is 26.9. The Morgan fingerprint density at radius 1 is 0.950 bits per heavy atom. The number of carbonyl (C=O) groups excluding carboxylic acids is 1. The predicted molar refractivity (Wildman–Crippen MR) is 150 cm³/mol. The molecule has 6 nitrogen and oxygen atoms in total. The molecule has 1 N–H and O–H groups in total. The van der Waals surface area contributed by atoms with Crippen molar-refractivity contribution in [3.63, 3.8) is 0 Å². The summed E-state index contributed by atoms with van der Waals surface area (Å²) in [5, 5.41) is 8.99. The number of alkyl halides is 3. The lowest BCUT2D eigenvalue weighted by Crippen LogP contribution is -2.50. The average molecular weight is 586 g/mol. The third-order valence-corrected chi connectivity index (χ3v) is 8.93. The molecule has 1 amide bonds. The van der Waals surface area contributed by atoms with Crippen molar-refractivity contribution in [1.82, 2.24) is 19.6 Å². The standard InChI is InChI=1S/C29H27ClF3N5OS/c30-24-25(35-38-23(29(31,32)33)18-21(34-27(24)38)22-12-7-17-40-22)28(39)37-15-13-36(14-16-37)26(19-8-3-1-4-9-19)20-10-5-2-6-11-20/h1-12,17,21,23,26,34H,13-16,18H2/t21-,23+/m1/s1. The number of aromatic nitrogens is 2. The maximum absolute atomic E-state index is 14.1. The number of benzene rings is 2. The van der Waals surface area contributed by atoms with Crippen molar-refractivity contribution in [2.45, 2.75) is 30.7 Å². The monoisotopic (exact) mass is 585 g/mol. The Hall–Kier alpha value is -3.34. The molecule has 208 valence electrons. The van der Waals surface area contributed by atoms with Crippen LogP contribution in [0.4, 0.5) is 19.0 Å². The van der Waals surface area contributed by atoms with E-state index >= 15 is 0 Å². The van der Waals surface area contributed by atoms with Gasteiger partial charge in [-0.15, -0.1) is 11.3 Å². The van der Waals surface area contributed by atoms with Gasteiger partial charge in [-0.1, -0.05) is 78.3 Å². The number of fused-ring (bicyclic) bond motifs is 1. The Bertz CT molecular complexity index is 1410. The second kappa shape index (κ2) is 10.9. The molecule has 1 saturated heterocycles. The minimum absolute atomic E-state index is 0.0223. The van der Waals surface area contributed by atoms with Crippen LogP contribution in [0.15, 0.2) is 78.2 Å². The lowest BCUT2D eigenvalue weighted by atomic mass is 9.96. The number of nitrogens with one attached hydrogen (secondary N) is 1. The molecule has 0 spiro atoms. The molecule has 0 saturated carbocycles. The van der Waals surface area contributed by atoms with Crippen LogP contribution in [0.2, 0.25) is 5.02 Å². The summed E-state index contributed by atoms with van der Waals surface area (Å²) < 4.78 is 43.1. The average Bonchev–Trinajstić information content (AvgIpc) is 3.62. The summed E-state index contributed by atoms with van der Waals surface area (Å²) in [4.78, 5) is 18.3. The van der Waals surface area contributed by atoms with Crippen molar-refractivity contribution >= 4 is 34.7 Å². The van der Waals surface area contributed by atoms with Gasteiger partial charge >= 0.3 is 6.18 Å². The van der Waals surface area contributed by atoms with E-state index in [9.17, 15) is 18.0 Å². The zero-order valence-electron chi connectivity index (χ0n) is 21.4. The fourth-order valence-corrected chi connectivity index (χ4v) is 6.67. The number of piperazine rings is 1. The van der Waals surface area contributed by atoms with Gasteiger partial charge < -0.3 is 10.2 Å². The molecule has 0 radical (unpaired) electrons. The van der Waals surface area contributed by atoms with E-state index in [1.54, 1.807) is 17.0 Å². The molecule has 1 fully saturated rings. The third-order valence-electron chi connectivity index (χ3n) is 7.58. The number of thiophene rings is 1. The largest absolute Gasteiger partial charge is 0.410 e. The van der Waals surface area contributed by atoms with Gasteiger partial charge in [0, 0.05) is 37.5 Å². The fraction of sp³-hybridized carbons (Fsp3) is 0.310. The van der Waals surface area contributed by atoms with Crippen molar-refractivity contribution in [3.05, 3.63) is 105 Å². The molecule has 2 atom stereocenters. The second-order valence-electron chi connectivity index (χ2n) is 10.0. The van der Waals surface area contributed by atoms with E-state index in [1.165, 1.54) is 11.3 Å². The van der Waals surface area contributed by atoms with Gasteiger partial charge in [0.25, 0.3) is 5.91 Å². The van der Waals surface area contributed by atoms with Crippen LogP contribution in [0.5, 0.6) is 0 Å². The molecule has 2 aromatic carbocycles. The SMILES string of the molecule is O=C(c1nn2c(c1Cl)N[C@@H](c1cccs1)C[C@H]2C(F)(F)F)N1CCN(C(c2ccccc2)c2ccccc2)CC1. The Labute approximate surface area is 239 Å². The van der Waals surface area contributed by atoms with Crippen molar-refractivity contribution in [1.29, 1.82) is 0 Å². The maximum Gasteiger partial charge on any atom is 0.410 e. The summed E-state index contributed by atoms with van der Waals surface area (Å²) in [6, 6.07) is 21.5. The van der Waals surface area contributed by atoms with Crippen LogP contribution in [0.1, 0.15) is 51.0 Å². The van der Waals surface area contributed by atoms with Crippen LogP contribution >= 0.6 is 22.9 Å². The van der Waals surface area contributed by atoms with Gasteiger partial charge in [-0.25, -0.2) is 4.68 Å². The van der Waals surface area contributed by atoms with E-state index in [1.807, 2.05) is 41.8 Å². The maximum atomic E-state index is 14.1. The number of nitrogens with zero attached hydrogens (tertiary/aromatic N) is 4. The number of halogens is 4. The van der Waals surface area contributed by atoms with Gasteiger partial charge in [-0.05, 0) is 22.6 Å². The minimum atomic E-state index is -4.54. The molecule has 0 bridgehead atoms. The van der Waals surface area contributed by atoms with Gasteiger partial charge in [0.2, 0.25) is 0 Å². The third kappa shape index (κ3) is 5.11. The second-order valence-corrected chi connectivity index (χ2v) is 11.4. The molecule has 0 aliphatic carbocycles. The zero-order chi connectivity index (χ0) is 27.9. The van der Waals surface area contributed by atoms with Gasteiger partial charge in [-0.2, -0.15) is 18.3 Å². The van der Waals surface area contributed by atoms with E-state index in [0.29, 0.717) is 26.2 Å². The van der Waals surface area contributed by atoms with Gasteiger partial charge in [0.15, 0.2) is 11.7 Å². The molecule has 2 aliphatic heterocycles. The molecule has 0 unspecified atom stereocenters. The van der Waals surface area contributed by atoms with Crippen LogP contribution < -0.4 is 5.32 Å². The molecule has 4 aromatic rings. The molecular formula is C29H27ClF3N5OS. The van der Waals surface area contributed by atoms with Crippen LogP contribution in [0, 0.1) is 0 Å². The fourth-order valence-electron chi connectivity index (χ4n) is 5.62. The number of rotatable bonds is 5. The molecule has 4 heterocycles. The lowest BCUT2D eigenvalue weighted by molar-refractivity contribution is -0.173. The Morgan fingerprint density at radius 3 is 2.12 bits per heavy atom. The highest BCUT2D eigenvalue weighted by Gasteiger charge is 2.48. The summed E-state index contributed by atoms with van der Waals surface area (Å²) in [7, 11) is 0. The van der Waals surface area contributed by atoms with Crippen LogP contribution in [-0.2, 0) is 0 Å². The van der Waals surface area contributed by atoms with Crippen LogP contribution in [-0.4, -0.2) is 57.8 Å². The summed E-state index contributed by atoms with van der Waals surface area (Å²) in [6.45, 7) is 1.99. The number of hydrogen-bond acceptors (Lipinski definition) is 5. The van der Waals surface area contributed by atoms with Gasteiger partial charge in [0.1, 0.15) is 10.8 Å². The predicted octanol–water partition coefficient (Wildman–Crippen LogP) is 6.81. The van der Waals surface area contributed by atoms with E-state index in [4.69, 9.17) is 11.6 Å². The smallest absolute Gasteiger partial charge is 0.361 e. The Kier molecular flexibility index (Phi) is 7.33. The van der Waals surface area contributed by atoms with Crippen molar-refractivity contribution in [3.8, 4) is 0 Å². The van der Waals surface area contributed by atoms with E-state index in [0.717, 1.165) is 20.7 Å². The first-order valence-corrected chi connectivity index (χ1v) is 14.3. The summed E-state index contributed by atoms with van der Waals surface area (Å²) in [5.74, 6) is -0.429. The summed E-state index contributed by atoms with van der Waals surface area (Å²) >= 11 is 7.95. The van der Waals surface area contributed by atoms with Crippen molar-refractivity contribution < 1.29 is 18.0 Å². The Balaban J connectivity index is 1.23.